The number of carbonyl (C=O) groups is 2. The van der Waals surface area contributed by atoms with Crippen LogP contribution in [0, 0.1) is 34.5 Å². The summed E-state index contributed by atoms with van der Waals surface area (Å²) in [6, 6.07) is 0. The van der Waals surface area contributed by atoms with Gasteiger partial charge in [0.2, 0.25) is 0 Å². The van der Waals surface area contributed by atoms with Crippen molar-refractivity contribution in [2.24, 2.45) is 34.5 Å². The van der Waals surface area contributed by atoms with E-state index in [1.165, 1.54) is 0 Å². The molecule has 14 atom stereocenters. The van der Waals surface area contributed by atoms with Crippen molar-refractivity contribution in [3.8, 4) is 0 Å². The maximum atomic E-state index is 13.5. The number of fused-ring (bicyclic) bond motifs is 5. The molecule has 11 heteroatoms. The smallest absolute Gasteiger partial charge is 0.335 e. The maximum absolute atomic E-state index is 13.5. The van der Waals surface area contributed by atoms with Crippen molar-refractivity contribution in [2.75, 3.05) is 6.61 Å². The van der Waals surface area contributed by atoms with Crippen LogP contribution in [0.3, 0.4) is 0 Å². The van der Waals surface area contributed by atoms with E-state index < -0.39 is 66.2 Å². The molecule has 5 rings (SSSR count). The van der Waals surface area contributed by atoms with Crippen LogP contribution in [0.2, 0.25) is 0 Å². The molecule has 1 aliphatic heterocycles. The molecule has 0 bridgehead atoms. The Morgan fingerprint density at radius 1 is 0.947 bits per heavy atom. The first-order valence-corrected chi connectivity index (χ1v) is 13.9. The fourth-order valence-electron chi connectivity index (χ4n) is 9.29. The minimum atomic E-state index is -1.88. The third-order valence-electron chi connectivity index (χ3n) is 11.4. The fraction of sp³-hybridized carbons (Fsp3) is 0.926. The number of carboxylic acids is 1. The zero-order chi connectivity index (χ0) is 27.8. The second kappa shape index (κ2) is 9.73. The Kier molecular flexibility index (Phi) is 7.26. The average Bonchev–Trinajstić information content (AvgIpc) is 3.13. The predicted octanol–water partition coefficient (Wildman–Crippen LogP) is -0.430. The molecule has 0 aromatic rings. The van der Waals surface area contributed by atoms with Gasteiger partial charge in [-0.15, -0.1) is 0 Å². The van der Waals surface area contributed by atoms with Gasteiger partial charge in [-0.25, -0.2) is 4.79 Å². The molecule has 0 spiro atoms. The first-order chi connectivity index (χ1) is 17.7. The van der Waals surface area contributed by atoms with Gasteiger partial charge in [0.25, 0.3) is 0 Å². The summed E-state index contributed by atoms with van der Waals surface area (Å²) >= 11 is 0. The van der Waals surface area contributed by atoms with E-state index in [2.05, 4.69) is 6.92 Å². The molecule has 11 nitrogen and oxygen atoms in total. The van der Waals surface area contributed by atoms with Crippen LogP contribution in [0.25, 0.3) is 0 Å². The number of ether oxygens (including phenoxy) is 2. The van der Waals surface area contributed by atoms with Crippen LogP contribution in [-0.4, -0.2) is 103 Å². The summed E-state index contributed by atoms with van der Waals surface area (Å²) in [7, 11) is 0. The SMILES string of the molecule is CC12CCC(O)CC1CCC1C2C(O)CC2(C)C1CCC2(O)C(=O)CO[C@H]1O[C@@H](C(=O)O)C(O)C(O)C1O. The van der Waals surface area contributed by atoms with Gasteiger partial charge < -0.3 is 45.2 Å². The van der Waals surface area contributed by atoms with Crippen molar-refractivity contribution in [2.45, 2.75) is 114 Å². The van der Waals surface area contributed by atoms with Gasteiger partial charge in [-0.1, -0.05) is 13.8 Å². The molecule has 5 aliphatic rings. The van der Waals surface area contributed by atoms with E-state index in [9.17, 15) is 45.3 Å². The number of carboxylic acid groups (broad SMARTS) is 1. The summed E-state index contributed by atoms with van der Waals surface area (Å²) in [4.78, 5) is 24.8. The van der Waals surface area contributed by atoms with Crippen LogP contribution in [0.15, 0.2) is 0 Å². The molecule has 0 amide bonds. The topological polar surface area (TPSA) is 194 Å². The summed E-state index contributed by atoms with van der Waals surface area (Å²) in [5.74, 6) is -1.69. The number of Topliss-reactive ketones (excluding diaryl/α,β-unsaturated/α-hetero) is 1. The van der Waals surface area contributed by atoms with E-state index in [1.807, 2.05) is 6.92 Å². The number of hydrogen-bond donors (Lipinski definition) is 7. The Morgan fingerprint density at radius 3 is 2.34 bits per heavy atom. The zero-order valence-electron chi connectivity index (χ0n) is 22.0. The molecule has 4 aliphatic carbocycles. The van der Waals surface area contributed by atoms with Crippen LogP contribution < -0.4 is 0 Å². The maximum Gasteiger partial charge on any atom is 0.335 e. The molecule has 0 aromatic heterocycles. The van der Waals surface area contributed by atoms with Gasteiger partial charge in [0.05, 0.1) is 12.2 Å². The van der Waals surface area contributed by atoms with Crippen molar-refractivity contribution in [3.63, 3.8) is 0 Å². The van der Waals surface area contributed by atoms with E-state index in [4.69, 9.17) is 9.47 Å². The molecule has 4 saturated carbocycles. The third-order valence-corrected chi connectivity index (χ3v) is 11.4. The highest BCUT2D eigenvalue weighted by molar-refractivity contribution is 5.89. The van der Waals surface area contributed by atoms with E-state index in [1.54, 1.807) is 0 Å². The van der Waals surface area contributed by atoms with Gasteiger partial charge in [0.1, 0.15) is 30.5 Å². The minimum absolute atomic E-state index is 0.0133. The molecule has 216 valence electrons. The van der Waals surface area contributed by atoms with Crippen molar-refractivity contribution < 1.29 is 54.8 Å². The van der Waals surface area contributed by atoms with Gasteiger partial charge in [-0.2, -0.15) is 0 Å². The molecule has 38 heavy (non-hydrogen) atoms. The van der Waals surface area contributed by atoms with Crippen molar-refractivity contribution in [1.29, 1.82) is 0 Å². The minimum Gasteiger partial charge on any atom is -0.479 e. The summed E-state index contributed by atoms with van der Waals surface area (Å²) in [6.45, 7) is 3.39. The van der Waals surface area contributed by atoms with E-state index >= 15 is 0 Å². The summed E-state index contributed by atoms with van der Waals surface area (Å²) in [5, 5.41) is 72.9. The number of carbonyl (C=O) groups excluding carboxylic acids is 1. The first kappa shape index (κ1) is 28.4. The molecule has 7 N–H and O–H groups in total. The van der Waals surface area contributed by atoms with E-state index in [-0.39, 0.29) is 42.1 Å². The number of hydrogen-bond acceptors (Lipinski definition) is 10. The van der Waals surface area contributed by atoms with E-state index in [0.717, 1.165) is 25.7 Å². The molecular formula is C27H42O11. The van der Waals surface area contributed by atoms with Gasteiger partial charge >= 0.3 is 5.97 Å². The standard InChI is InChI=1S/C27H42O11/c1-25-7-5-13(28)9-12(25)3-4-14-15-6-8-27(36,26(15,2)10-16(29)18(14)25)17(30)11-37-24-21(33)19(31)20(32)22(38-24)23(34)35/h12-16,18-22,24,28-29,31-33,36H,3-11H2,1-2H3,(H,34,35)/t12?,13?,14?,15?,16?,18?,19?,20?,21?,22-,24+,25?,26?,27?/m1/s1. The van der Waals surface area contributed by atoms with Crippen LogP contribution in [0.4, 0.5) is 0 Å². The highest BCUT2D eigenvalue weighted by Crippen LogP contribution is 2.68. The highest BCUT2D eigenvalue weighted by atomic mass is 16.7. The molecule has 0 radical (unpaired) electrons. The first-order valence-electron chi connectivity index (χ1n) is 13.9. The number of ketones is 1. The van der Waals surface area contributed by atoms with Gasteiger partial charge in [0.15, 0.2) is 18.2 Å². The number of aliphatic hydroxyl groups is 6. The lowest BCUT2D eigenvalue weighted by Crippen LogP contribution is -2.63. The molecular weight excluding hydrogens is 500 g/mol. The molecule has 0 aromatic carbocycles. The van der Waals surface area contributed by atoms with Crippen LogP contribution in [-0.2, 0) is 19.1 Å². The number of aliphatic hydroxyl groups excluding tert-OH is 5. The predicted molar refractivity (Wildman–Crippen MR) is 129 cm³/mol. The van der Waals surface area contributed by atoms with Crippen molar-refractivity contribution in [3.05, 3.63) is 0 Å². The van der Waals surface area contributed by atoms with Gasteiger partial charge in [-0.05, 0) is 80.5 Å². The monoisotopic (exact) mass is 542 g/mol. The largest absolute Gasteiger partial charge is 0.479 e. The molecule has 1 saturated heterocycles. The van der Waals surface area contributed by atoms with Crippen molar-refractivity contribution in [1.82, 2.24) is 0 Å². The van der Waals surface area contributed by atoms with Gasteiger partial charge in [0, 0.05) is 5.41 Å². The van der Waals surface area contributed by atoms with Crippen LogP contribution in [0.1, 0.15) is 65.2 Å². The Labute approximate surface area is 221 Å². The molecule has 5 fully saturated rings. The summed E-state index contributed by atoms with van der Waals surface area (Å²) in [6.07, 6.45) is -4.90. The number of aliphatic carboxylic acids is 1. The normalized spacial score (nSPS) is 54.5. The zero-order valence-corrected chi connectivity index (χ0v) is 22.0. The van der Waals surface area contributed by atoms with Crippen LogP contribution in [0.5, 0.6) is 0 Å². The van der Waals surface area contributed by atoms with Gasteiger partial charge in [-0.3, -0.25) is 4.79 Å². The van der Waals surface area contributed by atoms with Crippen LogP contribution >= 0.6 is 0 Å². The second-order valence-corrected chi connectivity index (χ2v) is 13.1. The lowest BCUT2D eigenvalue weighted by atomic mass is 9.43. The third kappa shape index (κ3) is 4.08. The Hall–Kier alpha value is -1.18. The lowest BCUT2D eigenvalue weighted by molar-refractivity contribution is -0.293. The second-order valence-electron chi connectivity index (χ2n) is 13.1. The summed E-state index contributed by atoms with van der Waals surface area (Å²) in [5.41, 5.74) is -2.80. The average molecular weight is 543 g/mol. The lowest BCUT2D eigenvalue weighted by Gasteiger charge is -2.62. The Morgan fingerprint density at radius 2 is 1.66 bits per heavy atom. The Bertz CT molecular complexity index is 944. The quantitative estimate of drug-likeness (QED) is 0.238. The molecule has 12 unspecified atom stereocenters. The molecule has 1 heterocycles. The highest BCUT2D eigenvalue weighted by Gasteiger charge is 2.68. The Balaban J connectivity index is 1.32. The van der Waals surface area contributed by atoms with E-state index in [0.29, 0.717) is 18.8 Å². The van der Waals surface area contributed by atoms with Crippen molar-refractivity contribution >= 4 is 11.8 Å². The number of rotatable bonds is 5. The summed E-state index contributed by atoms with van der Waals surface area (Å²) < 4.78 is 10.5. The fourth-order valence-corrected chi connectivity index (χ4v) is 9.29.